The van der Waals surface area contributed by atoms with Crippen LogP contribution in [0.2, 0.25) is 0 Å². The smallest absolute Gasteiger partial charge is 0.203 e. The Morgan fingerprint density at radius 1 is 0.938 bits per heavy atom. The lowest BCUT2D eigenvalue weighted by atomic mass is 9.81. The van der Waals surface area contributed by atoms with E-state index in [0.29, 0.717) is 23.4 Å². The van der Waals surface area contributed by atoms with E-state index in [2.05, 4.69) is 86.4 Å². The molecular formula is C26H30N6. The van der Waals surface area contributed by atoms with Crippen LogP contribution in [0.4, 0.5) is 5.82 Å². The first-order valence-corrected chi connectivity index (χ1v) is 11.6. The SMILES string of the molecule is Nc1cc(C(CCNC2CCC(c3ccccc3)CC2)c2ccccc2)c2n[nH]nc2n1. The molecule has 0 bridgehead atoms. The van der Waals surface area contributed by atoms with Crippen molar-refractivity contribution in [1.29, 1.82) is 0 Å². The van der Waals surface area contributed by atoms with Crippen LogP contribution in [0.1, 0.15) is 60.6 Å². The number of H-pyrrole nitrogens is 1. The zero-order valence-electron chi connectivity index (χ0n) is 18.2. The summed E-state index contributed by atoms with van der Waals surface area (Å²) in [5.41, 5.74) is 11.3. The van der Waals surface area contributed by atoms with Crippen LogP contribution in [0.15, 0.2) is 66.7 Å². The monoisotopic (exact) mass is 426 g/mol. The summed E-state index contributed by atoms with van der Waals surface area (Å²) in [6, 6.07) is 24.1. The molecule has 2 aromatic heterocycles. The molecule has 5 rings (SSSR count). The summed E-state index contributed by atoms with van der Waals surface area (Å²) >= 11 is 0. The van der Waals surface area contributed by atoms with Crippen molar-refractivity contribution in [3.05, 3.63) is 83.4 Å². The topological polar surface area (TPSA) is 92.5 Å². The first-order chi connectivity index (χ1) is 15.8. The summed E-state index contributed by atoms with van der Waals surface area (Å²) in [7, 11) is 0. The van der Waals surface area contributed by atoms with Gasteiger partial charge in [0.1, 0.15) is 11.3 Å². The molecule has 1 atom stereocenters. The second-order valence-electron chi connectivity index (χ2n) is 8.80. The van der Waals surface area contributed by atoms with E-state index in [-0.39, 0.29) is 5.92 Å². The van der Waals surface area contributed by atoms with Crippen molar-refractivity contribution >= 4 is 17.0 Å². The number of benzene rings is 2. The van der Waals surface area contributed by atoms with Crippen LogP contribution in [0.5, 0.6) is 0 Å². The van der Waals surface area contributed by atoms with Crippen LogP contribution in [-0.2, 0) is 0 Å². The van der Waals surface area contributed by atoms with E-state index in [1.807, 2.05) is 6.07 Å². The summed E-state index contributed by atoms with van der Waals surface area (Å²) in [5, 5.41) is 15.1. The number of nitrogens with two attached hydrogens (primary N) is 1. The molecule has 164 valence electrons. The van der Waals surface area contributed by atoms with Gasteiger partial charge in [0.15, 0.2) is 0 Å². The lowest BCUT2D eigenvalue weighted by molar-refractivity contribution is 0.340. The van der Waals surface area contributed by atoms with Crippen molar-refractivity contribution in [3.63, 3.8) is 0 Å². The Kier molecular flexibility index (Phi) is 6.12. The van der Waals surface area contributed by atoms with Crippen molar-refractivity contribution in [2.45, 2.75) is 50.0 Å². The molecule has 0 spiro atoms. The Balaban J connectivity index is 1.26. The van der Waals surface area contributed by atoms with Gasteiger partial charge in [-0.3, -0.25) is 0 Å². The Morgan fingerprint density at radius 2 is 1.66 bits per heavy atom. The fourth-order valence-corrected chi connectivity index (χ4v) is 5.12. The minimum Gasteiger partial charge on any atom is -0.384 e. The molecule has 1 fully saturated rings. The Bertz CT molecular complexity index is 1130. The van der Waals surface area contributed by atoms with Gasteiger partial charge < -0.3 is 11.1 Å². The number of hydrogen-bond acceptors (Lipinski definition) is 5. The molecule has 4 N–H and O–H groups in total. The summed E-state index contributed by atoms with van der Waals surface area (Å²) < 4.78 is 0. The molecule has 6 heteroatoms. The summed E-state index contributed by atoms with van der Waals surface area (Å²) in [6.45, 7) is 0.946. The summed E-state index contributed by atoms with van der Waals surface area (Å²) in [6.07, 6.45) is 5.93. The molecule has 1 saturated carbocycles. The number of nitrogen functional groups attached to an aromatic ring is 1. The second kappa shape index (κ2) is 9.49. The summed E-state index contributed by atoms with van der Waals surface area (Å²) in [5.74, 6) is 1.36. The van der Waals surface area contributed by atoms with Gasteiger partial charge >= 0.3 is 0 Å². The number of nitrogens with zero attached hydrogens (tertiary/aromatic N) is 3. The normalized spacial score (nSPS) is 19.8. The molecule has 6 nitrogen and oxygen atoms in total. The van der Waals surface area contributed by atoms with E-state index in [0.717, 1.165) is 24.0 Å². The molecule has 0 amide bonds. The third-order valence-corrected chi connectivity index (χ3v) is 6.78. The number of rotatable bonds is 7. The maximum atomic E-state index is 6.10. The standard InChI is InChI=1S/C26H30N6/c27-24-17-23(25-26(29-24)31-32-30-25)22(20-9-5-2-6-10-20)15-16-28-21-13-11-19(12-14-21)18-7-3-1-4-8-18/h1-10,17,19,21-22,28H,11-16H2,(H3,27,29,30,31,32). The van der Waals surface area contributed by atoms with Crippen LogP contribution in [0.3, 0.4) is 0 Å². The number of aromatic nitrogens is 4. The number of fused-ring (bicyclic) bond motifs is 1. The average Bonchev–Trinajstić information content (AvgIpc) is 3.31. The van der Waals surface area contributed by atoms with E-state index >= 15 is 0 Å². The number of nitrogens with one attached hydrogen (secondary N) is 2. The van der Waals surface area contributed by atoms with E-state index in [9.17, 15) is 0 Å². The highest BCUT2D eigenvalue weighted by atomic mass is 15.3. The van der Waals surface area contributed by atoms with Gasteiger partial charge in [-0.1, -0.05) is 60.7 Å². The molecule has 1 aliphatic carbocycles. The van der Waals surface area contributed by atoms with E-state index < -0.39 is 0 Å². The highest BCUT2D eigenvalue weighted by Crippen LogP contribution is 2.34. The van der Waals surface area contributed by atoms with E-state index in [1.165, 1.54) is 36.8 Å². The maximum Gasteiger partial charge on any atom is 0.203 e. The Labute approximate surface area is 188 Å². The number of anilines is 1. The maximum absolute atomic E-state index is 6.10. The highest BCUT2D eigenvalue weighted by molar-refractivity contribution is 5.77. The number of hydrogen-bond donors (Lipinski definition) is 3. The Hall–Kier alpha value is -3.25. The van der Waals surface area contributed by atoms with Gasteiger partial charge in [-0.05, 0) is 67.3 Å². The number of aromatic amines is 1. The molecule has 2 aromatic carbocycles. The van der Waals surface area contributed by atoms with E-state index in [4.69, 9.17) is 5.73 Å². The third-order valence-electron chi connectivity index (χ3n) is 6.78. The van der Waals surface area contributed by atoms with Gasteiger partial charge in [-0.15, -0.1) is 5.10 Å². The Morgan fingerprint density at radius 3 is 2.41 bits per heavy atom. The molecule has 0 aliphatic heterocycles. The molecule has 1 unspecified atom stereocenters. The number of pyridine rings is 1. The van der Waals surface area contributed by atoms with Crippen molar-refractivity contribution in [2.24, 2.45) is 0 Å². The summed E-state index contributed by atoms with van der Waals surface area (Å²) in [4.78, 5) is 4.32. The van der Waals surface area contributed by atoms with Gasteiger partial charge in [0.05, 0.1) is 0 Å². The van der Waals surface area contributed by atoms with Crippen LogP contribution >= 0.6 is 0 Å². The van der Waals surface area contributed by atoms with Crippen molar-refractivity contribution in [3.8, 4) is 0 Å². The average molecular weight is 427 g/mol. The quantitative estimate of drug-likeness (QED) is 0.396. The molecular weight excluding hydrogens is 396 g/mol. The predicted octanol–water partition coefficient (Wildman–Crippen LogP) is 4.77. The molecule has 0 saturated heterocycles. The first-order valence-electron chi connectivity index (χ1n) is 11.6. The molecule has 0 radical (unpaired) electrons. The minimum absolute atomic E-state index is 0.183. The van der Waals surface area contributed by atoms with Crippen LogP contribution < -0.4 is 11.1 Å². The zero-order valence-corrected chi connectivity index (χ0v) is 18.2. The molecule has 1 aliphatic rings. The first kappa shape index (κ1) is 20.6. The van der Waals surface area contributed by atoms with Crippen molar-refractivity contribution < 1.29 is 0 Å². The largest absolute Gasteiger partial charge is 0.384 e. The van der Waals surface area contributed by atoms with Gasteiger partial charge in [-0.2, -0.15) is 10.3 Å². The van der Waals surface area contributed by atoms with Gasteiger partial charge in [-0.25, -0.2) is 4.98 Å². The minimum atomic E-state index is 0.183. The van der Waals surface area contributed by atoms with Gasteiger partial charge in [0, 0.05) is 12.0 Å². The molecule has 32 heavy (non-hydrogen) atoms. The lowest BCUT2D eigenvalue weighted by Crippen LogP contribution is -2.34. The van der Waals surface area contributed by atoms with Crippen LogP contribution in [-0.4, -0.2) is 33.0 Å². The predicted molar refractivity (Wildman–Crippen MR) is 128 cm³/mol. The van der Waals surface area contributed by atoms with Gasteiger partial charge in [0.25, 0.3) is 0 Å². The fourth-order valence-electron chi connectivity index (χ4n) is 5.12. The second-order valence-corrected chi connectivity index (χ2v) is 8.80. The van der Waals surface area contributed by atoms with E-state index in [1.54, 1.807) is 0 Å². The van der Waals surface area contributed by atoms with Crippen molar-refractivity contribution in [1.82, 2.24) is 25.7 Å². The highest BCUT2D eigenvalue weighted by Gasteiger charge is 2.24. The van der Waals surface area contributed by atoms with Crippen molar-refractivity contribution in [2.75, 3.05) is 12.3 Å². The molecule has 4 aromatic rings. The van der Waals surface area contributed by atoms with Crippen LogP contribution in [0.25, 0.3) is 11.2 Å². The third kappa shape index (κ3) is 4.50. The lowest BCUT2D eigenvalue weighted by Gasteiger charge is -2.30. The van der Waals surface area contributed by atoms with Gasteiger partial charge in [0.2, 0.25) is 5.65 Å². The molecule has 2 heterocycles. The fraction of sp³-hybridized carbons (Fsp3) is 0.346. The zero-order chi connectivity index (χ0) is 21.8. The van der Waals surface area contributed by atoms with Crippen LogP contribution in [0, 0.1) is 0 Å².